The summed E-state index contributed by atoms with van der Waals surface area (Å²) in [6.07, 6.45) is 1.12. The van der Waals surface area contributed by atoms with Crippen LogP contribution < -0.4 is 5.14 Å². The van der Waals surface area contributed by atoms with E-state index in [0.717, 1.165) is 4.31 Å². The summed E-state index contributed by atoms with van der Waals surface area (Å²) in [6.45, 7) is 2.21. The molecule has 0 saturated carbocycles. The van der Waals surface area contributed by atoms with E-state index in [9.17, 15) is 13.2 Å². The molecule has 0 aromatic heterocycles. The average molecular weight is 222 g/mol. The summed E-state index contributed by atoms with van der Waals surface area (Å²) in [5.41, 5.74) is 0. The van der Waals surface area contributed by atoms with E-state index in [0.29, 0.717) is 19.4 Å². The van der Waals surface area contributed by atoms with Gasteiger partial charge in [-0.05, 0) is 19.8 Å². The van der Waals surface area contributed by atoms with Crippen molar-refractivity contribution in [1.82, 2.24) is 4.31 Å². The second-order valence-electron chi connectivity index (χ2n) is 3.07. The van der Waals surface area contributed by atoms with Crippen molar-refractivity contribution in [2.45, 2.75) is 25.8 Å². The Labute approximate surface area is 83.2 Å². The molecule has 1 saturated heterocycles. The lowest BCUT2D eigenvalue weighted by Gasteiger charge is -2.19. The van der Waals surface area contributed by atoms with Gasteiger partial charge in [0, 0.05) is 6.54 Å². The van der Waals surface area contributed by atoms with Gasteiger partial charge in [-0.15, -0.1) is 0 Å². The molecule has 0 spiro atoms. The van der Waals surface area contributed by atoms with Crippen LogP contribution >= 0.6 is 0 Å². The fourth-order valence-corrected chi connectivity index (χ4v) is 2.45. The van der Waals surface area contributed by atoms with Gasteiger partial charge in [-0.25, -0.2) is 5.14 Å². The van der Waals surface area contributed by atoms with Crippen LogP contribution in [0.4, 0.5) is 0 Å². The van der Waals surface area contributed by atoms with Gasteiger partial charge in [0.2, 0.25) is 0 Å². The van der Waals surface area contributed by atoms with Crippen LogP contribution in [-0.4, -0.2) is 37.9 Å². The predicted octanol–water partition coefficient (Wildman–Crippen LogP) is -0.783. The van der Waals surface area contributed by atoms with E-state index in [2.05, 4.69) is 0 Å². The number of nitrogens with zero attached hydrogens (tertiary/aromatic N) is 1. The first-order chi connectivity index (χ1) is 6.46. The summed E-state index contributed by atoms with van der Waals surface area (Å²) >= 11 is 0. The maximum Gasteiger partial charge on any atom is 0.324 e. The van der Waals surface area contributed by atoms with Crippen molar-refractivity contribution in [3.8, 4) is 0 Å². The van der Waals surface area contributed by atoms with E-state index in [-0.39, 0.29) is 6.61 Å². The van der Waals surface area contributed by atoms with Crippen molar-refractivity contribution in [2.24, 2.45) is 5.14 Å². The molecule has 14 heavy (non-hydrogen) atoms. The van der Waals surface area contributed by atoms with Crippen LogP contribution in [0.3, 0.4) is 0 Å². The molecule has 1 rings (SSSR count). The van der Waals surface area contributed by atoms with Gasteiger partial charge in [0.1, 0.15) is 6.04 Å². The van der Waals surface area contributed by atoms with Crippen molar-refractivity contribution in [3.63, 3.8) is 0 Å². The van der Waals surface area contributed by atoms with Crippen LogP contribution in [-0.2, 0) is 19.7 Å². The van der Waals surface area contributed by atoms with Gasteiger partial charge in [-0.1, -0.05) is 0 Å². The van der Waals surface area contributed by atoms with E-state index in [1.165, 1.54) is 0 Å². The number of carbonyl (C=O) groups is 1. The maximum absolute atomic E-state index is 11.3. The molecular formula is C7H14N2O4S. The molecule has 1 unspecified atom stereocenters. The Kier molecular flexibility index (Phi) is 3.46. The normalized spacial score (nSPS) is 23.7. The molecule has 0 aromatic carbocycles. The van der Waals surface area contributed by atoms with Crippen molar-refractivity contribution < 1.29 is 17.9 Å². The zero-order chi connectivity index (χ0) is 10.8. The molecule has 2 N–H and O–H groups in total. The molecule has 0 bridgehead atoms. The first-order valence-corrected chi connectivity index (χ1v) is 5.93. The molecule has 7 heteroatoms. The van der Waals surface area contributed by atoms with Gasteiger partial charge in [0.05, 0.1) is 6.61 Å². The summed E-state index contributed by atoms with van der Waals surface area (Å²) in [6, 6.07) is -0.732. The molecule has 0 aromatic rings. The number of ether oxygens (including phenoxy) is 1. The zero-order valence-electron chi connectivity index (χ0n) is 7.97. The average Bonchev–Trinajstić information content (AvgIpc) is 2.50. The molecule has 6 nitrogen and oxygen atoms in total. The Morgan fingerprint density at radius 1 is 1.64 bits per heavy atom. The molecule has 1 aliphatic rings. The van der Waals surface area contributed by atoms with Crippen molar-refractivity contribution in [2.75, 3.05) is 13.2 Å². The van der Waals surface area contributed by atoms with Crippen LogP contribution in [0.1, 0.15) is 19.8 Å². The summed E-state index contributed by atoms with van der Waals surface area (Å²) in [5, 5.41) is 4.96. The van der Waals surface area contributed by atoms with E-state index in [1.54, 1.807) is 6.92 Å². The SMILES string of the molecule is CCOC(=O)C1CCCN1S(N)(=O)=O. The predicted molar refractivity (Wildman–Crippen MR) is 49.5 cm³/mol. The van der Waals surface area contributed by atoms with Crippen LogP contribution in [0.15, 0.2) is 0 Å². The number of esters is 1. The Balaban J connectivity index is 2.74. The second-order valence-corrected chi connectivity index (χ2v) is 4.56. The molecule has 0 amide bonds. The summed E-state index contributed by atoms with van der Waals surface area (Å²) in [5.74, 6) is -0.515. The lowest BCUT2D eigenvalue weighted by molar-refractivity contribution is -0.146. The smallest absolute Gasteiger partial charge is 0.324 e. The van der Waals surface area contributed by atoms with E-state index < -0.39 is 22.2 Å². The number of rotatable bonds is 3. The first-order valence-electron chi connectivity index (χ1n) is 4.43. The Morgan fingerprint density at radius 3 is 2.79 bits per heavy atom. The highest BCUT2D eigenvalue weighted by Gasteiger charge is 2.37. The highest BCUT2D eigenvalue weighted by Crippen LogP contribution is 2.20. The Morgan fingerprint density at radius 2 is 2.29 bits per heavy atom. The van der Waals surface area contributed by atoms with Gasteiger partial charge < -0.3 is 4.74 Å². The summed E-state index contributed by atoms with van der Waals surface area (Å²) < 4.78 is 27.8. The molecular weight excluding hydrogens is 208 g/mol. The number of nitrogens with two attached hydrogens (primary N) is 1. The first kappa shape index (κ1) is 11.4. The van der Waals surface area contributed by atoms with E-state index in [1.807, 2.05) is 0 Å². The third-order valence-corrected chi connectivity index (χ3v) is 3.18. The molecule has 1 fully saturated rings. The molecule has 82 valence electrons. The topological polar surface area (TPSA) is 89.7 Å². The monoisotopic (exact) mass is 222 g/mol. The van der Waals surface area contributed by atoms with Gasteiger partial charge >= 0.3 is 5.97 Å². The van der Waals surface area contributed by atoms with E-state index >= 15 is 0 Å². The quantitative estimate of drug-likeness (QED) is 0.634. The van der Waals surface area contributed by atoms with E-state index in [4.69, 9.17) is 9.88 Å². The third kappa shape index (κ3) is 2.43. The van der Waals surface area contributed by atoms with Crippen LogP contribution in [0.25, 0.3) is 0 Å². The minimum absolute atomic E-state index is 0.244. The highest BCUT2D eigenvalue weighted by molar-refractivity contribution is 7.86. The molecule has 1 atom stereocenters. The Bertz CT molecular complexity index is 314. The molecule has 1 aliphatic heterocycles. The Hall–Kier alpha value is -0.660. The standard InChI is InChI=1S/C7H14N2O4S/c1-2-13-7(10)6-4-3-5-9(6)14(8,11)12/h6H,2-5H2,1H3,(H2,8,11,12). The van der Waals surface area contributed by atoms with Gasteiger partial charge in [0.15, 0.2) is 0 Å². The number of carbonyl (C=O) groups excluding carboxylic acids is 1. The maximum atomic E-state index is 11.3. The lowest BCUT2D eigenvalue weighted by atomic mass is 10.2. The van der Waals surface area contributed by atoms with Crippen molar-refractivity contribution in [3.05, 3.63) is 0 Å². The third-order valence-electron chi connectivity index (χ3n) is 2.09. The van der Waals surface area contributed by atoms with Crippen LogP contribution in [0.5, 0.6) is 0 Å². The number of hydrogen-bond donors (Lipinski definition) is 1. The minimum Gasteiger partial charge on any atom is -0.465 e. The lowest BCUT2D eigenvalue weighted by Crippen LogP contribution is -2.44. The van der Waals surface area contributed by atoms with Crippen LogP contribution in [0, 0.1) is 0 Å². The minimum atomic E-state index is -3.78. The fourth-order valence-electron chi connectivity index (χ4n) is 1.52. The summed E-state index contributed by atoms with van der Waals surface area (Å²) in [4.78, 5) is 11.3. The zero-order valence-corrected chi connectivity index (χ0v) is 8.79. The second kappa shape index (κ2) is 4.24. The van der Waals surface area contributed by atoms with Crippen molar-refractivity contribution >= 4 is 16.2 Å². The largest absolute Gasteiger partial charge is 0.465 e. The van der Waals surface area contributed by atoms with Crippen LogP contribution in [0.2, 0.25) is 0 Å². The molecule has 0 radical (unpaired) electrons. The molecule has 0 aliphatic carbocycles. The van der Waals surface area contributed by atoms with Gasteiger partial charge in [0.25, 0.3) is 10.2 Å². The molecule has 1 heterocycles. The van der Waals surface area contributed by atoms with Gasteiger partial charge in [-0.2, -0.15) is 12.7 Å². The van der Waals surface area contributed by atoms with Crippen molar-refractivity contribution in [1.29, 1.82) is 0 Å². The fraction of sp³-hybridized carbons (Fsp3) is 0.857. The number of hydrogen-bond acceptors (Lipinski definition) is 4. The van der Waals surface area contributed by atoms with Gasteiger partial charge in [-0.3, -0.25) is 4.79 Å². The highest BCUT2D eigenvalue weighted by atomic mass is 32.2. The summed E-state index contributed by atoms with van der Waals surface area (Å²) in [7, 11) is -3.78.